The van der Waals surface area contributed by atoms with Crippen LogP contribution in [0.5, 0.6) is 0 Å². The largest absolute Gasteiger partial charge is 0.346 e. The van der Waals surface area contributed by atoms with E-state index in [1.165, 1.54) is 64.1 Å². The van der Waals surface area contributed by atoms with Crippen molar-refractivity contribution in [1.29, 1.82) is 0 Å². The number of ketones is 1. The summed E-state index contributed by atoms with van der Waals surface area (Å²) in [6, 6.07) is 47.0. The molecule has 6 aromatic rings. The summed E-state index contributed by atoms with van der Waals surface area (Å²) in [5.41, 5.74) is 5.85. The van der Waals surface area contributed by atoms with Gasteiger partial charge in [-0.1, -0.05) is 215 Å². The summed E-state index contributed by atoms with van der Waals surface area (Å²) in [7, 11) is 3.80. The number of fused-ring (bicyclic) bond motifs is 2. The van der Waals surface area contributed by atoms with Crippen LogP contribution in [0.2, 0.25) is 0 Å². The molecule has 1 aliphatic rings. The van der Waals surface area contributed by atoms with Gasteiger partial charge in [-0.15, -0.1) is 0 Å². The van der Waals surface area contributed by atoms with Crippen molar-refractivity contribution in [2.45, 2.75) is 152 Å². The van der Waals surface area contributed by atoms with Crippen LogP contribution in [0, 0.1) is 11.8 Å². The number of unbranched alkanes of at least 4 members (excludes halogenated alkanes) is 1. The molecule has 0 aliphatic heterocycles. The molecule has 1 amide bonds. The highest BCUT2D eigenvalue weighted by molar-refractivity contribution is 5.85. The molecule has 7 rings (SSSR count). The van der Waals surface area contributed by atoms with Gasteiger partial charge < -0.3 is 30.9 Å². The molecule has 1 aliphatic carbocycles. The smallest absolute Gasteiger partial charge is 0.220 e. The molecular weight excluding hydrogens is 901 g/mol. The zero-order chi connectivity index (χ0) is 54.2. The standard InChI is InChI=1S/C23H30N2O2.C16H17NO.C16H19NO.C4H10.3C2H6/c1-24-15-18-8-6-17(7-9-18)14-23(27)25-22(16-26)13-19-10-11-20-4-2-3-5-21(20)12-19;1-17-16(12-18)11-13-7-9-15(10-8-13)14-5-3-2-4-6-14;1-3-17-16(12(2)18)11-13-8-9-14-6-4-5-7-15(14)10-13;1-3-4-2;3*1-2/h2-5,10-12,16-18,22,24H,6-9,13-15H2,1H3,(H,25,27);2-10,12,16-17H,11H2,1H3;4-10,16-17H,3,11H2,1-2H3;3-4H2,1-2H3;3*1-2H3. The fourth-order valence-corrected chi connectivity index (χ4v) is 8.35. The maximum absolute atomic E-state index is 12.4. The van der Waals surface area contributed by atoms with Crippen molar-refractivity contribution in [2.75, 3.05) is 27.2 Å². The van der Waals surface area contributed by atoms with Crippen LogP contribution < -0.4 is 21.3 Å². The molecule has 6 aromatic carbocycles. The minimum Gasteiger partial charge on any atom is -0.346 e. The first-order valence-corrected chi connectivity index (χ1v) is 27.5. The molecule has 0 spiro atoms. The topological polar surface area (TPSA) is 116 Å². The van der Waals surface area contributed by atoms with Gasteiger partial charge in [-0.05, 0) is 140 Å². The molecular formula is C65H94N4O4. The van der Waals surface area contributed by atoms with Crippen LogP contribution in [0.25, 0.3) is 32.7 Å². The molecule has 1 fully saturated rings. The van der Waals surface area contributed by atoms with Crippen LogP contribution in [0.15, 0.2) is 140 Å². The predicted octanol–water partition coefficient (Wildman–Crippen LogP) is 14.0. The molecule has 4 N–H and O–H groups in total. The Bertz CT molecular complexity index is 2360. The Kier molecular flexibility index (Phi) is 36.3. The summed E-state index contributed by atoms with van der Waals surface area (Å²) in [6.07, 6.45) is 11.6. The lowest BCUT2D eigenvalue weighted by Crippen LogP contribution is -2.38. The summed E-state index contributed by atoms with van der Waals surface area (Å²) in [5, 5.41) is 17.2. The number of nitrogens with one attached hydrogen (secondary N) is 4. The molecule has 398 valence electrons. The van der Waals surface area contributed by atoms with Crippen molar-refractivity contribution >= 4 is 45.8 Å². The zero-order valence-corrected chi connectivity index (χ0v) is 46.9. The lowest BCUT2D eigenvalue weighted by Gasteiger charge is -2.28. The molecule has 8 nitrogen and oxygen atoms in total. The minimum atomic E-state index is -0.459. The monoisotopic (exact) mass is 995 g/mol. The highest BCUT2D eigenvalue weighted by atomic mass is 16.2. The molecule has 73 heavy (non-hydrogen) atoms. The van der Waals surface area contributed by atoms with Crippen molar-refractivity contribution in [3.63, 3.8) is 0 Å². The Hall–Kier alpha value is -5.80. The first-order valence-electron chi connectivity index (χ1n) is 27.5. The molecule has 3 unspecified atom stereocenters. The number of amides is 1. The molecule has 0 aromatic heterocycles. The van der Waals surface area contributed by atoms with Gasteiger partial charge >= 0.3 is 0 Å². The molecule has 0 saturated heterocycles. The van der Waals surface area contributed by atoms with Crippen molar-refractivity contribution in [3.8, 4) is 11.1 Å². The van der Waals surface area contributed by atoms with E-state index < -0.39 is 6.04 Å². The molecule has 0 radical (unpaired) electrons. The molecule has 0 bridgehead atoms. The van der Waals surface area contributed by atoms with Gasteiger partial charge in [-0.3, -0.25) is 9.59 Å². The van der Waals surface area contributed by atoms with Crippen molar-refractivity contribution in [3.05, 3.63) is 156 Å². The highest BCUT2D eigenvalue weighted by Crippen LogP contribution is 2.30. The number of Topliss-reactive ketones (excluding diaryl/α,β-unsaturated/α-hetero) is 1. The maximum atomic E-state index is 12.4. The quantitative estimate of drug-likeness (QED) is 0.0597. The lowest BCUT2D eigenvalue weighted by molar-refractivity contribution is -0.125. The summed E-state index contributed by atoms with van der Waals surface area (Å²) >= 11 is 0. The summed E-state index contributed by atoms with van der Waals surface area (Å²) in [4.78, 5) is 46.2. The number of aldehydes is 2. The van der Waals surface area contributed by atoms with Crippen LogP contribution in [0.4, 0.5) is 0 Å². The first-order chi connectivity index (χ1) is 35.6. The Labute approximate surface area is 442 Å². The molecule has 1 saturated carbocycles. The van der Waals surface area contributed by atoms with E-state index in [9.17, 15) is 19.2 Å². The van der Waals surface area contributed by atoms with Gasteiger partial charge in [-0.2, -0.15) is 0 Å². The van der Waals surface area contributed by atoms with Crippen molar-refractivity contribution in [2.24, 2.45) is 11.8 Å². The second-order valence-electron chi connectivity index (χ2n) is 17.7. The number of carbonyl (C=O) groups is 4. The van der Waals surface area contributed by atoms with Gasteiger partial charge in [0.25, 0.3) is 0 Å². The fourth-order valence-electron chi connectivity index (χ4n) is 8.35. The molecule has 3 atom stereocenters. The third-order valence-corrected chi connectivity index (χ3v) is 12.5. The highest BCUT2D eigenvalue weighted by Gasteiger charge is 2.24. The van der Waals surface area contributed by atoms with E-state index in [4.69, 9.17) is 0 Å². The van der Waals surface area contributed by atoms with Crippen LogP contribution >= 0.6 is 0 Å². The Morgan fingerprint density at radius 3 is 1.42 bits per heavy atom. The van der Waals surface area contributed by atoms with Crippen LogP contribution in [-0.2, 0) is 38.4 Å². The molecule has 0 heterocycles. The lowest BCUT2D eigenvalue weighted by atomic mass is 9.80. The number of rotatable bonds is 19. The number of benzene rings is 6. The zero-order valence-electron chi connectivity index (χ0n) is 46.9. The van der Waals surface area contributed by atoms with Gasteiger partial charge in [0.15, 0.2) is 0 Å². The van der Waals surface area contributed by atoms with Crippen LogP contribution in [-0.4, -0.2) is 69.6 Å². The second-order valence-corrected chi connectivity index (χ2v) is 17.7. The third-order valence-electron chi connectivity index (χ3n) is 12.5. The van der Waals surface area contributed by atoms with E-state index in [0.29, 0.717) is 18.8 Å². The number of likely N-dealkylation sites (N-methyl/N-ethyl adjacent to an activating group) is 2. The minimum absolute atomic E-state index is 0.00459. The first kappa shape index (κ1) is 65.2. The summed E-state index contributed by atoms with van der Waals surface area (Å²) in [6.45, 7) is 21.9. The average molecular weight is 995 g/mol. The van der Waals surface area contributed by atoms with Gasteiger partial charge in [0.1, 0.15) is 18.4 Å². The van der Waals surface area contributed by atoms with E-state index in [0.717, 1.165) is 68.2 Å². The fraction of sp³-hybridized carbons (Fsp3) is 0.446. The van der Waals surface area contributed by atoms with Gasteiger partial charge in [0.2, 0.25) is 5.91 Å². The Morgan fingerprint density at radius 1 is 0.534 bits per heavy atom. The van der Waals surface area contributed by atoms with Crippen molar-refractivity contribution < 1.29 is 19.2 Å². The number of hydrogen-bond acceptors (Lipinski definition) is 7. The summed E-state index contributed by atoms with van der Waals surface area (Å²) in [5.74, 6) is 1.39. The van der Waals surface area contributed by atoms with E-state index >= 15 is 0 Å². The van der Waals surface area contributed by atoms with E-state index in [-0.39, 0.29) is 23.8 Å². The van der Waals surface area contributed by atoms with E-state index in [1.54, 1.807) is 14.0 Å². The second kappa shape index (κ2) is 40.7. The number of hydrogen-bond donors (Lipinski definition) is 4. The van der Waals surface area contributed by atoms with Crippen LogP contribution in [0.3, 0.4) is 0 Å². The maximum Gasteiger partial charge on any atom is 0.220 e. The van der Waals surface area contributed by atoms with Crippen LogP contribution in [0.1, 0.15) is 131 Å². The van der Waals surface area contributed by atoms with E-state index in [1.807, 2.05) is 104 Å². The Balaban J connectivity index is 0.000000514. The average Bonchev–Trinajstić information content (AvgIpc) is 3.45. The number of carbonyl (C=O) groups excluding carboxylic acids is 4. The SMILES string of the molecule is CC.CC.CC.CCCC.CCNC(Cc1ccc2ccccc2c1)C(C)=O.CNC(C=O)Cc1ccc(-c2ccccc2)cc1.CNCC1CCC(CC(=O)NC(C=O)Cc2ccc3ccccc3c2)CC1. The predicted molar refractivity (Wildman–Crippen MR) is 315 cm³/mol. The normalized spacial score (nSPS) is 14.5. The van der Waals surface area contributed by atoms with Crippen molar-refractivity contribution in [1.82, 2.24) is 21.3 Å². The molecule has 8 heteroatoms. The van der Waals surface area contributed by atoms with E-state index in [2.05, 4.69) is 126 Å². The third kappa shape index (κ3) is 25.6. The van der Waals surface area contributed by atoms with Gasteiger partial charge in [0, 0.05) is 6.42 Å². The Morgan fingerprint density at radius 2 is 0.973 bits per heavy atom. The summed E-state index contributed by atoms with van der Waals surface area (Å²) < 4.78 is 0. The van der Waals surface area contributed by atoms with Gasteiger partial charge in [-0.25, -0.2) is 0 Å². The van der Waals surface area contributed by atoms with Gasteiger partial charge in [0.05, 0.1) is 18.1 Å².